The third-order valence-electron chi connectivity index (χ3n) is 6.04. The molecule has 2 aromatic carbocycles. The van der Waals surface area contributed by atoms with Crippen molar-refractivity contribution in [3.63, 3.8) is 0 Å². The molecule has 1 unspecified atom stereocenters. The number of hydrogen-bond acceptors (Lipinski definition) is 9. The number of aliphatic hydroxyl groups is 1. The molecule has 0 bridgehead atoms. The number of aryl methyl sites for hydroxylation is 1. The Morgan fingerprint density at radius 2 is 1.95 bits per heavy atom. The lowest BCUT2D eigenvalue weighted by Crippen LogP contribution is -2.29. The van der Waals surface area contributed by atoms with Gasteiger partial charge in [-0.05, 0) is 43.2 Å². The Labute approximate surface area is 229 Å². The van der Waals surface area contributed by atoms with Crippen molar-refractivity contribution in [2.75, 3.05) is 18.1 Å². The van der Waals surface area contributed by atoms with Crippen LogP contribution in [-0.4, -0.2) is 46.1 Å². The monoisotopic (exact) mass is 548 g/mol. The summed E-state index contributed by atoms with van der Waals surface area (Å²) < 4.78 is 10.9. The summed E-state index contributed by atoms with van der Waals surface area (Å²) in [7, 11) is 0. The second-order valence-electron chi connectivity index (χ2n) is 8.79. The molecular weight excluding hydrogens is 520 g/mol. The summed E-state index contributed by atoms with van der Waals surface area (Å²) in [4.78, 5) is 45.0. The summed E-state index contributed by atoms with van der Waals surface area (Å²) in [5, 5.41) is 21.3. The first-order valence-corrected chi connectivity index (χ1v) is 13.2. The van der Waals surface area contributed by atoms with Crippen molar-refractivity contribution in [3.05, 3.63) is 88.5 Å². The maximum Gasteiger partial charge on any atom is 0.350 e. The second-order valence-corrected chi connectivity index (χ2v) is 9.77. The minimum atomic E-state index is -1.07. The smallest absolute Gasteiger partial charge is 0.350 e. The number of anilines is 1. The molecule has 0 saturated carbocycles. The average Bonchev–Trinajstić information content (AvgIpc) is 3.44. The number of hydrogen-bond donors (Lipinski definition) is 2. The molecule has 4 rings (SSSR count). The number of phenolic OH excluding ortho intramolecular Hbond substituents is 1. The fourth-order valence-electron chi connectivity index (χ4n) is 4.10. The van der Waals surface area contributed by atoms with E-state index in [1.807, 2.05) is 6.92 Å². The number of ether oxygens (including phenoxy) is 2. The van der Waals surface area contributed by atoms with Crippen LogP contribution >= 0.6 is 11.3 Å². The summed E-state index contributed by atoms with van der Waals surface area (Å²) in [6, 6.07) is 11.5. The van der Waals surface area contributed by atoms with Crippen molar-refractivity contribution in [3.8, 4) is 11.5 Å². The van der Waals surface area contributed by atoms with E-state index in [1.165, 1.54) is 18.2 Å². The van der Waals surface area contributed by atoms with Crippen molar-refractivity contribution in [2.24, 2.45) is 0 Å². The molecule has 2 heterocycles. The molecule has 1 saturated heterocycles. The van der Waals surface area contributed by atoms with Gasteiger partial charge in [-0.25, -0.2) is 9.78 Å². The average molecular weight is 549 g/mol. The molecule has 9 nitrogen and oxygen atoms in total. The highest BCUT2D eigenvalue weighted by Crippen LogP contribution is 2.44. The predicted molar refractivity (Wildman–Crippen MR) is 147 cm³/mol. The third-order valence-corrected chi connectivity index (χ3v) is 7.17. The zero-order valence-electron chi connectivity index (χ0n) is 21.5. The minimum Gasteiger partial charge on any atom is -0.508 e. The summed E-state index contributed by atoms with van der Waals surface area (Å²) in [5.74, 6) is -2.33. The van der Waals surface area contributed by atoms with Gasteiger partial charge in [-0.15, -0.1) is 0 Å². The summed E-state index contributed by atoms with van der Waals surface area (Å²) in [6.45, 7) is 7.67. The van der Waals surface area contributed by atoms with Gasteiger partial charge in [0.25, 0.3) is 5.78 Å². The number of rotatable bonds is 10. The maximum absolute atomic E-state index is 13.4. The SMILES string of the molecule is C=CCOC(=O)c1sc(N2C(=O)C(=O)C(=C(O)c3cccc(OCCCC)c3)C2c2ccc(O)cc2)nc1C. The number of ketones is 1. The molecule has 1 atom stereocenters. The molecule has 1 fully saturated rings. The fraction of sp³-hybridized carbons (Fsp3) is 0.241. The lowest BCUT2D eigenvalue weighted by atomic mass is 9.95. The predicted octanol–water partition coefficient (Wildman–Crippen LogP) is 5.31. The molecule has 1 aromatic heterocycles. The van der Waals surface area contributed by atoms with Gasteiger partial charge >= 0.3 is 11.9 Å². The number of phenols is 1. The topological polar surface area (TPSA) is 126 Å². The quantitative estimate of drug-likeness (QED) is 0.0872. The molecule has 2 N–H and O–H groups in total. The van der Waals surface area contributed by atoms with E-state index < -0.39 is 23.7 Å². The van der Waals surface area contributed by atoms with Crippen LogP contribution in [0.3, 0.4) is 0 Å². The molecule has 39 heavy (non-hydrogen) atoms. The Kier molecular flexibility index (Phi) is 8.46. The molecule has 202 valence electrons. The maximum atomic E-state index is 13.4. The number of aromatic nitrogens is 1. The number of aliphatic hydroxyl groups excluding tert-OH is 1. The van der Waals surface area contributed by atoms with Crippen LogP contribution in [0.4, 0.5) is 5.13 Å². The number of carbonyl (C=O) groups excluding carboxylic acids is 3. The molecule has 10 heteroatoms. The number of esters is 1. The van der Waals surface area contributed by atoms with Crippen LogP contribution in [0, 0.1) is 6.92 Å². The van der Waals surface area contributed by atoms with Gasteiger partial charge in [0.05, 0.1) is 23.9 Å². The van der Waals surface area contributed by atoms with Gasteiger partial charge in [0.2, 0.25) is 0 Å². The van der Waals surface area contributed by atoms with E-state index in [4.69, 9.17) is 9.47 Å². The van der Waals surface area contributed by atoms with Crippen molar-refractivity contribution in [2.45, 2.75) is 32.7 Å². The van der Waals surface area contributed by atoms with Gasteiger partial charge in [0, 0.05) is 5.56 Å². The Bertz CT molecular complexity index is 1440. The molecular formula is C29H28N2O7S. The van der Waals surface area contributed by atoms with Crippen molar-refractivity contribution in [1.29, 1.82) is 0 Å². The fourth-order valence-corrected chi connectivity index (χ4v) is 5.09. The van der Waals surface area contributed by atoms with Crippen LogP contribution in [0.25, 0.3) is 5.76 Å². The summed E-state index contributed by atoms with van der Waals surface area (Å²) in [6.07, 6.45) is 3.25. The number of benzene rings is 2. The normalized spacial score (nSPS) is 16.4. The van der Waals surface area contributed by atoms with E-state index in [2.05, 4.69) is 11.6 Å². The molecule has 0 aliphatic carbocycles. The molecule has 1 aliphatic rings. The van der Waals surface area contributed by atoms with Gasteiger partial charge in [-0.1, -0.05) is 61.6 Å². The van der Waals surface area contributed by atoms with E-state index in [0.29, 0.717) is 29.2 Å². The van der Waals surface area contributed by atoms with Crippen LogP contribution in [0.1, 0.15) is 52.3 Å². The largest absolute Gasteiger partial charge is 0.508 e. The lowest BCUT2D eigenvalue weighted by Gasteiger charge is -2.23. The third kappa shape index (κ3) is 5.70. The highest BCUT2D eigenvalue weighted by atomic mass is 32.1. The molecule has 1 amide bonds. The number of thiazole rings is 1. The van der Waals surface area contributed by atoms with Crippen LogP contribution in [0.2, 0.25) is 0 Å². The van der Waals surface area contributed by atoms with Crippen molar-refractivity contribution >= 4 is 39.9 Å². The van der Waals surface area contributed by atoms with Crippen LogP contribution < -0.4 is 9.64 Å². The van der Waals surface area contributed by atoms with Gasteiger partial charge in [0.15, 0.2) is 5.13 Å². The lowest BCUT2D eigenvalue weighted by molar-refractivity contribution is -0.132. The highest BCUT2D eigenvalue weighted by Gasteiger charge is 2.48. The highest BCUT2D eigenvalue weighted by molar-refractivity contribution is 7.17. The van der Waals surface area contributed by atoms with Gasteiger partial charge in [-0.3, -0.25) is 14.5 Å². The van der Waals surface area contributed by atoms with Crippen LogP contribution in [0.15, 0.2) is 66.8 Å². The summed E-state index contributed by atoms with van der Waals surface area (Å²) in [5.41, 5.74) is 0.926. The molecule has 1 aliphatic heterocycles. The van der Waals surface area contributed by atoms with Gasteiger partial charge in [0.1, 0.15) is 28.7 Å². The number of aromatic hydroxyl groups is 1. The number of carbonyl (C=O) groups is 3. The second kappa shape index (κ2) is 12.0. The molecule has 0 radical (unpaired) electrons. The first kappa shape index (κ1) is 27.6. The zero-order chi connectivity index (χ0) is 28.1. The molecule has 3 aromatic rings. The van der Waals surface area contributed by atoms with Gasteiger partial charge in [-0.2, -0.15) is 0 Å². The van der Waals surface area contributed by atoms with Gasteiger partial charge < -0.3 is 19.7 Å². The van der Waals surface area contributed by atoms with Crippen LogP contribution in [-0.2, 0) is 14.3 Å². The van der Waals surface area contributed by atoms with E-state index in [0.717, 1.165) is 29.1 Å². The van der Waals surface area contributed by atoms with E-state index in [1.54, 1.807) is 43.3 Å². The van der Waals surface area contributed by atoms with E-state index in [9.17, 15) is 24.6 Å². The standard InChI is InChI=1S/C29H28N2O7S/c1-4-6-15-37-21-9-7-8-19(16-21)24(33)22-23(18-10-12-20(32)13-11-18)31(27(35)25(22)34)29-30-17(3)26(39-29)28(36)38-14-5-2/h5,7-13,16,23,32-33H,2,4,6,14-15H2,1,3H3. The number of nitrogens with zero attached hydrogens (tertiary/aromatic N) is 2. The number of amides is 1. The Balaban J connectivity index is 1.82. The number of Topliss-reactive ketones (excluding diaryl/α,β-unsaturated/α-hetero) is 1. The Hall–Kier alpha value is -4.44. The molecule has 0 spiro atoms. The zero-order valence-corrected chi connectivity index (χ0v) is 22.4. The minimum absolute atomic E-state index is 0.00471. The van der Waals surface area contributed by atoms with Crippen molar-refractivity contribution in [1.82, 2.24) is 4.98 Å². The Morgan fingerprint density at radius 1 is 1.21 bits per heavy atom. The van der Waals surface area contributed by atoms with Crippen molar-refractivity contribution < 1.29 is 34.1 Å². The first-order chi connectivity index (χ1) is 18.8. The van der Waals surface area contributed by atoms with E-state index >= 15 is 0 Å². The first-order valence-electron chi connectivity index (χ1n) is 12.3. The van der Waals surface area contributed by atoms with E-state index in [-0.39, 0.29) is 33.7 Å². The number of unbranched alkanes of at least 4 members (excludes halogenated alkanes) is 1. The Morgan fingerprint density at radius 3 is 2.64 bits per heavy atom. The summed E-state index contributed by atoms with van der Waals surface area (Å²) >= 11 is 0.905. The van der Waals surface area contributed by atoms with Crippen LogP contribution in [0.5, 0.6) is 11.5 Å².